The minimum Gasteiger partial charge on any atom is -0.352 e. The third kappa shape index (κ3) is 3.65. The van der Waals surface area contributed by atoms with Gasteiger partial charge < -0.3 is 5.32 Å². The van der Waals surface area contributed by atoms with Gasteiger partial charge in [0.05, 0.1) is 12.2 Å². The van der Waals surface area contributed by atoms with E-state index >= 15 is 0 Å². The van der Waals surface area contributed by atoms with Crippen molar-refractivity contribution in [2.45, 2.75) is 31.1 Å². The summed E-state index contributed by atoms with van der Waals surface area (Å²) in [4.78, 5) is 24.0. The van der Waals surface area contributed by atoms with Crippen molar-refractivity contribution >= 4 is 5.91 Å². The summed E-state index contributed by atoms with van der Waals surface area (Å²) in [5.74, 6) is 0.870. The predicted octanol–water partition coefficient (Wildman–Crippen LogP) is 2.73. The molecule has 2 heterocycles. The first-order chi connectivity index (χ1) is 13.2. The fourth-order valence-electron chi connectivity index (χ4n) is 4.47. The molecule has 27 heavy (non-hydrogen) atoms. The van der Waals surface area contributed by atoms with Crippen molar-refractivity contribution in [1.82, 2.24) is 20.2 Å². The normalized spacial score (nSPS) is 21.8. The second-order valence-electron chi connectivity index (χ2n) is 7.62. The van der Waals surface area contributed by atoms with Crippen LogP contribution in [0.5, 0.6) is 0 Å². The van der Waals surface area contributed by atoms with E-state index in [2.05, 4.69) is 33.9 Å². The first-order valence-electron chi connectivity index (χ1n) is 9.72. The van der Waals surface area contributed by atoms with E-state index in [-0.39, 0.29) is 11.3 Å². The Bertz CT molecular complexity index is 831. The molecule has 1 fully saturated rings. The van der Waals surface area contributed by atoms with Crippen LogP contribution in [-0.2, 0) is 16.6 Å². The molecule has 0 saturated carbocycles. The molecule has 0 radical (unpaired) electrons. The maximum Gasteiger partial charge on any atom is 0.234 e. The van der Waals surface area contributed by atoms with Gasteiger partial charge in [-0.15, -0.1) is 6.58 Å². The minimum absolute atomic E-state index is 0.0543. The van der Waals surface area contributed by atoms with Crippen molar-refractivity contribution < 1.29 is 4.79 Å². The molecule has 140 valence electrons. The second-order valence-corrected chi connectivity index (χ2v) is 7.62. The van der Waals surface area contributed by atoms with E-state index in [1.165, 1.54) is 11.3 Å². The fraction of sp³-hybridized carbons (Fsp3) is 0.409. The molecular weight excluding hydrogens is 336 g/mol. The summed E-state index contributed by atoms with van der Waals surface area (Å²) in [5.41, 5.74) is 3.58. The minimum atomic E-state index is 0.0543. The van der Waals surface area contributed by atoms with Gasteiger partial charge in [0.25, 0.3) is 0 Å². The zero-order valence-corrected chi connectivity index (χ0v) is 15.7. The van der Waals surface area contributed by atoms with Gasteiger partial charge in [-0.25, -0.2) is 9.97 Å². The number of amides is 1. The van der Waals surface area contributed by atoms with Gasteiger partial charge in [-0.1, -0.05) is 36.4 Å². The number of aryl methyl sites for hydroxylation is 1. The molecule has 4 rings (SSSR count). The molecule has 1 N–H and O–H groups in total. The van der Waals surface area contributed by atoms with E-state index < -0.39 is 0 Å². The Morgan fingerprint density at radius 3 is 2.96 bits per heavy atom. The molecule has 1 atom stereocenters. The molecule has 1 aliphatic carbocycles. The molecule has 1 spiro atoms. The summed E-state index contributed by atoms with van der Waals surface area (Å²) in [5, 5.41) is 2.88. The Morgan fingerprint density at radius 2 is 2.15 bits per heavy atom. The largest absolute Gasteiger partial charge is 0.352 e. The first-order valence-corrected chi connectivity index (χ1v) is 9.72. The average molecular weight is 362 g/mol. The van der Waals surface area contributed by atoms with Crippen LogP contribution >= 0.6 is 0 Å². The summed E-state index contributed by atoms with van der Waals surface area (Å²) >= 11 is 0. The lowest BCUT2D eigenvalue weighted by Gasteiger charge is -2.40. The number of likely N-dealkylation sites (tertiary alicyclic amines) is 1. The lowest BCUT2D eigenvalue weighted by atomic mass is 9.77. The van der Waals surface area contributed by atoms with Crippen LogP contribution in [0.1, 0.15) is 30.5 Å². The molecule has 2 aliphatic rings. The molecule has 1 aromatic carbocycles. The molecule has 1 unspecified atom stereocenters. The van der Waals surface area contributed by atoms with Gasteiger partial charge in [-0.05, 0) is 37.8 Å². The van der Waals surface area contributed by atoms with E-state index in [1.54, 1.807) is 6.08 Å². The second kappa shape index (κ2) is 7.61. The van der Waals surface area contributed by atoms with Crippen LogP contribution in [0.15, 0.2) is 49.2 Å². The van der Waals surface area contributed by atoms with Crippen LogP contribution in [0.4, 0.5) is 0 Å². The summed E-state index contributed by atoms with van der Waals surface area (Å²) < 4.78 is 0. The van der Waals surface area contributed by atoms with Crippen molar-refractivity contribution in [3.05, 3.63) is 60.4 Å². The number of carbonyl (C=O) groups is 1. The third-order valence-corrected chi connectivity index (χ3v) is 5.74. The molecule has 5 nitrogen and oxygen atoms in total. The van der Waals surface area contributed by atoms with Crippen molar-refractivity contribution in [3.8, 4) is 11.4 Å². The quantitative estimate of drug-likeness (QED) is 0.831. The topological polar surface area (TPSA) is 58.1 Å². The number of hydrogen-bond donors (Lipinski definition) is 1. The molecule has 1 aliphatic heterocycles. The van der Waals surface area contributed by atoms with Crippen molar-refractivity contribution in [2.24, 2.45) is 0 Å². The van der Waals surface area contributed by atoms with Crippen LogP contribution < -0.4 is 5.32 Å². The van der Waals surface area contributed by atoms with Gasteiger partial charge in [0.15, 0.2) is 5.82 Å². The summed E-state index contributed by atoms with van der Waals surface area (Å²) in [6, 6.07) is 10.2. The zero-order valence-electron chi connectivity index (χ0n) is 15.7. The molecule has 5 heteroatoms. The van der Waals surface area contributed by atoms with E-state index in [0.717, 1.165) is 50.2 Å². The summed E-state index contributed by atoms with van der Waals surface area (Å²) in [6.07, 6.45) is 8.08. The van der Waals surface area contributed by atoms with Crippen molar-refractivity contribution in [3.63, 3.8) is 0 Å². The Labute approximate surface area is 160 Å². The number of benzene rings is 1. The van der Waals surface area contributed by atoms with E-state index in [9.17, 15) is 4.79 Å². The lowest BCUT2D eigenvalue weighted by molar-refractivity contribution is -0.122. The Hall–Kier alpha value is -2.53. The predicted molar refractivity (Wildman–Crippen MR) is 106 cm³/mol. The van der Waals surface area contributed by atoms with Gasteiger partial charge in [0.2, 0.25) is 5.91 Å². The highest BCUT2D eigenvalue weighted by molar-refractivity contribution is 5.78. The van der Waals surface area contributed by atoms with Gasteiger partial charge in [0.1, 0.15) is 0 Å². The maximum absolute atomic E-state index is 12.1. The third-order valence-electron chi connectivity index (χ3n) is 5.74. The van der Waals surface area contributed by atoms with Gasteiger partial charge in [-0.3, -0.25) is 9.69 Å². The van der Waals surface area contributed by atoms with Crippen molar-refractivity contribution in [2.75, 3.05) is 26.2 Å². The standard InChI is InChI=1S/C22H26N4O/c1-2-12-23-19(27)15-26-13-6-10-22(16-26)11-9-18-14-24-21(25-20(18)22)17-7-4-3-5-8-17/h2-5,7-8,14H,1,6,9-13,15-16H2,(H,23,27). The number of carbonyl (C=O) groups excluding carboxylic acids is 1. The van der Waals surface area contributed by atoms with E-state index in [4.69, 9.17) is 4.98 Å². The average Bonchev–Trinajstić information content (AvgIpc) is 3.04. The monoisotopic (exact) mass is 362 g/mol. The lowest BCUT2D eigenvalue weighted by Crippen LogP contribution is -2.48. The molecular formula is C22H26N4O. The number of fused-ring (bicyclic) bond motifs is 2. The summed E-state index contributed by atoms with van der Waals surface area (Å²) in [7, 11) is 0. The van der Waals surface area contributed by atoms with Crippen LogP contribution in [0.3, 0.4) is 0 Å². The first kappa shape index (κ1) is 17.9. The Balaban J connectivity index is 1.56. The van der Waals surface area contributed by atoms with Crippen LogP contribution in [0.25, 0.3) is 11.4 Å². The van der Waals surface area contributed by atoms with E-state index in [1.807, 2.05) is 24.4 Å². The van der Waals surface area contributed by atoms with Crippen LogP contribution in [-0.4, -0.2) is 47.0 Å². The maximum atomic E-state index is 12.1. The SMILES string of the molecule is C=CCNC(=O)CN1CCCC2(CCc3cnc(-c4ccccc4)nc32)C1. The fourth-order valence-corrected chi connectivity index (χ4v) is 4.47. The van der Waals surface area contributed by atoms with Gasteiger partial charge in [0, 0.05) is 30.3 Å². The molecule has 2 aromatic rings. The number of rotatable bonds is 5. The van der Waals surface area contributed by atoms with Gasteiger partial charge >= 0.3 is 0 Å². The highest BCUT2D eigenvalue weighted by atomic mass is 16.2. The van der Waals surface area contributed by atoms with E-state index in [0.29, 0.717) is 13.1 Å². The molecule has 1 aromatic heterocycles. The number of nitrogens with one attached hydrogen (secondary N) is 1. The van der Waals surface area contributed by atoms with Gasteiger partial charge in [-0.2, -0.15) is 0 Å². The van der Waals surface area contributed by atoms with Crippen molar-refractivity contribution in [1.29, 1.82) is 0 Å². The number of hydrogen-bond acceptors (Lipinski definition) is 4. The van der Waals surface area contributed by atoms with Crippen LogP contribution in [0, 0.1) is 0 Å². The molecule has 1 amide bonds. The van der Waals surface area contributed by atoms with Crippen LogP contribution in [0.2, 0.25) is 0 Å². The highest BCUT2D eigenvalue weighted by Gasteiger charge is 2.43. The molecule has 0 bridgehead atoms. The highest BCUT2D eigenvalue weighted by Crippen LogP contribution is 2.44. The number of nitrogens with zero attached hydrogens (tertiary/aromatic N) is 3. The number of piperidine rings is 1. The smallest absolute Gasteiger partial charge is 0.234 e. The molecule has 1 saturated heterocycles. The zero-order chi connectivity index (χ0) is 18.7. The number of aromatic nitrogens is 2. The Morgan fingerprint density at radius 1 is 1.30 bits per heavy atom. The summed E-state index contributed by atoms with van der Waals surface area (Å²) in [6.45, 7) is 6.48. The Kier molecular flexibility index (Phi) is 5.03.